The van der Waals surface area contributed by atoms with Crippen molar-refractivity contribution in [3.05, 3.63) is 17.8 Å². The second kappa shape index (κ2) is 4.53. The van der Waals surface area contributed by atoms with Gasteiger partial charge in [-0.1, -0.05) is 5.16 Å². The van der Waals surface area contributed by atoms with Gasteiger partial charge in [0, 0.05) is 12.7 Å². The zero-order chi connectivity index (χ0) is 12.5. The maximum Gasteiger partial charge on any atom is 0.244 e. The number of nitrogens with one attached hydrogen (secondary N) is 1. The Kier molecular flexibility index (Phi) is 2.87. The molecule has 1 aliphatic rings. The van der Waals surface area contributed by atoms with Gasteiger partial charge >= 0.3 is 0 Å². The fraction of sp³-hybridized carbons (Fsp3) is 0.583. The quantitative estimate of drug-likeness (QED) is 0.893. The lowest BCUT2D eigenvalue weighted by molar-refractivity contribution is 0.345. The van der Waals surface area contributed by atoms with E-state index in [2.05, 4.69) is 27.5 Å². The summed E-state index contributed by atoms with van der Waals surface area (Å²) in [5, 5.41) is 11.8. The summed E-state index contributed by atoms with van der Waals surface area (Å²) in [7, 11) is 0. The largest absolute Gasteiger partial charge is 0.337 e. The molecule has 96 valence electrons. The Hall–Kier alpha value is -1.69. The Morgan fingerprint density at radius 2 is 2.44 bits per heavy atom. The van der Waals surface area contributed by atoms with E-state index in [1.807, 2.05) is 17.8 Å². The van der Waals surface area contributed by atoms with Gasteiger partial charge in [-0.25, -0.2) is 0 Å². The Morgan fingerprint density at radius 3 is 3.11 bits per heavy atom. The highest BCUT2D eigenvalue weighted by Gasteiger charge is 2.23. The fourth-order valence-corrected chi connectivity index (χ4v) is 2.28. The highest BCUT2D eigenvalue weighted by molar-refractivity contribution is 5.56. The van der Waals surface area contributed by atoms with Gasteiger partial charge in [0.15, 0.2) is 0 Å². The standard InChI is InChI=1S/C12H17N5O/c1-3-17-7-9(8(2)15-17)11-14-12(18-16-11)10-5-4-6-13-10/h7,10,13H,3-6H2,1-2H3/t10-/m1/s1. The van der Waals surface area contributed by atoms with Crippen molar-refractivity contribution in [3.8, 4) is 11.4 Å². The van der Waals surface area contributed by atoms with Crippen LogP contribution in [0.5, 0.6) is 0 Å². The van der Waals surface area contributed by atoms with Crippen molar-refractivity contribution in [2.24, 2.45) is 0 Å². The van der Waals surface area contributed by atoms with E-state index in [1.165, 1.54) is 0 Å². The first-order chi connectivity index (χ1) is 8.78. The molecule has 0 spiro atoms. The summed E-state index contributed by atoms with van der Waals surface area (Å²) in [5.41, 5.74) is 1.88. The molecule has 2 aromatic heterocycles. The lowest BCUT2D eigenvalue weighted by Crippen LogP contribution is -2.12. The summed E-state index contributed by atoms with van der Waals surface area (Å²) in [6.45, 7) is 5.89. The molecule has 0 aliphatic carbocycles. The van der Waals surface area contributed by atoms with Gasteiger partial charge in [0.25, 0.3) is 0 Å². The summed E-state index contributed by atoms with van der Waals surface area (Å²) in [6, 6.07) is 0.216. The zero-order valence-electron chi connectivity index (χ0n) is 10.7. The third kappa shape index (κ3) is 1.92. The second-order valence-electron chi connectivity index (χ2n) is 4.59. The molecule has 0 aromatic carbocycles. The van der Waals surface area contributed by atoms with Crippen molar-refractivity contribution in [2.45, 2.75) is 39.3 Å². The van der Waals surface area contributed by atoms with E-state index in [4.69, 9.17) is 4.52 Å². The molecule has 0 unspecified atom stereocenters. The van der Waals surface area contributed by atoms with Crippen LogP contribution in [0.1, 0.15) is 37.4 Å². The minimum Gasteiger partial charge on any atom is -0.337 e. The molecule has 1 N–H and O–H groups in total. The molecule has 1 aliphatic heterocycles. The summed E-state index contributed by atoms with van der Waals surface area (Å²) in [5.74, 6) is 1.32. The van der Waals surface area contributed by atoms with Crippen LogP contribution in [0, 0.1) is 6.92 Å². The zero-order valence-corrected chi connectivity index (χ0v) is 10.7. The first-order valence-corrected chi connectivity index (χ1v) is 6.39. The van der Waals surface area contributed by atoms with Gasteiger partial charge in [0.05, 0.1) is 17.3 Å². The van der Waals surface area contributed by atoms with Crippen LogP contribution in [0.4, 0.5) is 0 Å². The van der Waals surface area contributed by atoms with Gasteiger partial charge < -0.3 is 9.84 Å². The summed E-state index contributed by atoms with van der Waals surface area (Å²) in [6.07, 6.45) is 4.19. The van der Waals surface area contributed by atoms with Gasteiger partial charge in [-0.05, 0) is 33.2 Å². The van der Waals surface area contributed by atoms with Crippen LogP contribution < -0.4 is 5.32 Å². The third-order valence-electron chi connectivity index (χ3n) is 3.31. The molecule has 0 amide bonds. The Bertz CT molecular complexity index is 538. The number of aromatic nitrogens is 4. The van der Waals surface area contributed by atoms with E-state index < -0.39 is 0 Å². The molecule has 6 nitrogen and oxygen atoms in total. The lowest BCUT2D eigenvalue weighted by Gasteiger charge is -2.01. The SMILES string of the molecule is CCn1cc(-c2noc([C@H]3CCCN3)n2)c(C)n1. The van der Waals surface area contributed by atoms with Crippen LogP contribution >= 0.6 is 0 Å². The maximum atomic E-state index is 5.34. The maximum absolute atomic E-state index is 5.34. The molecule has 6 heteroatoms. The van der Waals surface area contributed by atoms with E-state index in [9.17, 15) is 0 Å². The molecule has 3 rings (SSSR count). The Balaban J connectivity index is 1.89. The fourth-order valence-electron chi connectivity index (χ4n) is 2.28. The van der Waals surface area contributed by atoms with Crippen molar-refractivity contribution in [1.82, 2.24) is 25.2 Å². The summed E-state index contributed by atoms with van der Waals surface area (Å²) >= 11 is 0. The van der Waals surface area contributed by atoms with Crippen LogP contribution in [-0.4, -0.2) is 26.5 Å². The van der Waals surface area contributed by atoms with E-state index in [0.717, 1.165) is 37.2 Å². The van der Waals surface area contributed by atoms with Gasteiger partial charge in [0.2, 0.25) is 11.7 Å². The van der Waals surface area contributed by atoms with Crippen molar-refractivity contribution in [1.29, 1.82) is 0 Å². The molecule has 1 saturated heterocycles. The van der Waals surface area contributed by atoms with Crippen LogP contribution in [-0.2, 0) is 6.54 Å². The average Bonchev–Trinajstić information content (AvgIpc) is 3.08. The monoisotopic (exact) mass is 247 g/mol. The van der Waals surface area contributed by atoms with E-state index in [-0.39, 0.29) is 6.04 Å². The highest BCUT2D eigenvalue weighted by atomic mass is 16.5. The number of hydrogen-bond donors (Lipinski definition) is 1. The molecular weight excluding hydrogens is 230 g/mol. The van der Waals surface area contributed by atoms with Crippen molar-refractivity contribution >= 4 is 0 Å². The molecule has 2 aromatic rings. The Morgan fingerprint density at radius 1 is 1.56 bits per heavy atom. The number of nitrogens with zero attached hydrogens (tertiary/aromatic N) is 4. The minimum atomic E-state index is 0.216. The van der Waals surface area contributed by atoms with Gasteiger partial charge in [-0.15, -0.1) is 0 Å². The molecule has 3 heterocycles. The van der Waals surface area contributed by atoms with E-state index in [1.54, 1.807) is 0 Å². The first kappa shape index (κ1) is 11.4. The molecule has 18 heavy (non-hydrogen) atoms. The normalized spacial score (nSPS) is 19.6. The van der Waals surface area contributed by atoms with Crippen molar-refractivity contribution in [3.63, 3.8) is 0 Å². The van der Waals surface area contributed by atoms with Crippen molar-refractivity contribution in [2.75, 3.05) is 6.54 Å². The summed E-state index contributed by atoms with van der Waals surface area (Å²) < 4.78 is 7.22. The van der Waals surface area contributed by atoms with Crippen molar-refractivity contribution < 1.29 is 4.52 Å². The predicted molar refractivity (Wildman–Crippen MR) is 65.9 cm³/mol. The highest BCUT2D eigenvalue weighted by Crippen LogP contribution is 2.25. The third-order valence-corrected chi connectivity index (χ3v) is 3.31. The first-order valence-electron chi connectivity index (χ1n) is 6.39. The number of rotatable bonds is 3. The molecule has 0 radical (unpaired) electrons. The van der Waals surface area contributed by atoms with E-state index in [0.29, 0.717) is 11.7 Å². The Labute approximate surface area is 105 Å². The van der Waals surface area contributed by atoms with Crippen LogP contribution in [0.25, 0.3) is 11.4 Å². The lowest BCUT2D eigenvalue weighted by atomic mass is 10.2. The van der Waals surface area contributed by atoms with Crippen LogP contribution in [0.3, 0.4) is 0 Å². The molecule has 0 bridgehead atoms. The molecule has 0 saturated carbocycles. The smallest absolute Gasteiger partial charge is 0.244 e. The summed E-state index contributed by atoms with van der Waals surface area (Å²) in [4.78, 5) is 4.48. The van der Waals surface area contributed by atoms with E-state index >= 15 is 0 Å². The minimum absolute atomic E-state index is 0.216. The van der Waals surface area contributed by atoms with Gasteiger partial charge in [-0.2, -0.15) is 10.1 Å². The predicted octanol–water partition coefficient (Wildman–Crippen LogP) is 1.69. The molecular formula is C12H17N5O. The topological polar surface area (TPSA) is 68.8 Å². The molecule has 1 atom stereocenters. The van der Waals surface area contributed by atoms with Gasteiger partial charge in [0.1, 0.15) is 0 Å². The average molecular weight is 247 g/mol. The van der Waals surface area contributed by atoms with Crippen LogP contribution in [0.2, 0.25) is 0 Å². The molecule has 1 fully saturated rings. The van der Waals surface area contributed by atoms with Gasteiger partial charge in [-0.3, -0.25) is 4.68 Å². The number of aryl methyl sites for hydroxylation is 2. The number of hydrogen-bond acceptors (Lipinski definition) is 5. The van der Waals surface area contributed by atoms with Crippen LogP contribution in [0.15, 0.2) is 10.7 Å². The second-order valence-corrected chi connectivity index (χ2v) is 4.59.